The minimum absolute atomic E-state index is 0.0494. The average molecular weight is 706 g/mol. The molecule has 0 N–H and O–H groups in total. The SMILES string of the molecule is CCN1C2=C(C(=O)CC(C)(C)C2)C(c2cc(Br)c(OS(=O)(=O)c3ccc(C)cc3)c(Br)c2)C2=C1CC(C)(C)CC2=O. The fourth-order valence-corrected chi connectivity index (χ4v) is 9.01. The van der Waals surface area contributed by atoms with E-state index in [0.29, 0.717) is 39.5 Å². The number of rotatable bonds is 5. The molecule has 0 fully saturated rings. The van der Waals surface area contributed by atoms with Crippen molar-refractivity contribution >= 4 is 53.5 Å². The van der Waals surface area contributed by atoms with Crippen LogP contribution in [0, 0.1) is 17.8 Å². The van der Waals surface area contributed by atoms with Gasteiger partial charge >= 0.3 is 10.1 Å². The van der Waals surface area contributed by atoms with Crippen LogP contribution in [-0.2, 0) is 19.7 Å². The van der Waals surface area contributed by atoms with Crippen LogP contribution >= 0.6 is 31.9 Å². The number of carbonyl (C=O) groups excluding carboxylic acids is 2. The fraction of sp³-hybridized carbons (Fsp3) is 0.438. The lowest BCUT2D eigenvalue weighted by atomic mass is 9.63. The summed E-state index contributed by atoms with van der Waals surface area (Å²) in [5.74, 6) is -0.321. The Morgan fingerprint density at radius 3 is 1.76 bits per heavy atom. The lowest BCUT2D eigenvalue weighted by Crippen LogP contribution is -2.44. The summed E-state index contributed by atoms with van der Waals surface area (Å²) in [7, 11) is -4.10. The van der Waals surface area contributed by atoms with Crippen LogP contribution in [0.25, 0.3) is 0 Å². The summed E-state index contributed by atoms with van der Waals surface area (Å²) in [5.41, 5.74) is 4.65. The third kappa shape index (κ3) is 5.62. The molecule has 0 aromatic heterocycles. The Labute approximate surface area is 259 Å². The molecule has 41 heavy (non-hydrogen) atoms. The van der Waals surface area contributed by atoms with Crippen molar-refractivity contribution in [3.63, 3.8) is 0 Å². The minimum atomic E-state index is -4.10. The topological polar surface area (TPSA) is 80.8 Å². The maximum Gasteiger partial charge on any atom is 0.339 e. The molecule has 0 amide bonds. The maximum absolute atomic E-state index is 13.9. The lowest BCUT2D eigenvalue weighted by molar-refractivity contribution is -0.119. The highest BCUT2D eigenvalue weighted by Crippen LogP contribution is 2.55. The molecule has 2 aromatic carbocycles. The zero-order chi connectivity index (χ0) is 30.1. The van der Waals surface area contributed by atoms with E-state index in [1.165, 1.54) is 12.1 Å². The number of halogens is 2. The van der Waals surface area contributed by atoms with Crippen LogP contribution in [0.3, 0.4) is 0 Å². The van der Waals surface area contributed by atoms with Crippen LogP contribution in [0.4, 0.5) is 0 Å². The first-order chi connectivity index (χ1) is 19.0. The van der Waals surface area contributed by atoms with E-state index in [2.05, 4.69) is 71.4 Å². The van der Waals surface area contributed by atoms with E-state index in [9.17, 15) is 18.0 Å². The normalized spacial score (nSPS) is 20.7. The summed E-state index contributed by atoms with van der Waals surface area (Å²) >= 11 is 7.08. The molecule has 1 heterocycles. The van der Waals surface area contributed by atoms with Gasteiger partial charge in [-0.3, -0.25) is 9.59 Å². The first-order valence-electron chi connectivity index (χ1n) is 13.8. The first kappa shape index (κ1) is 30.2. The molecule has 2 aromatic rings. The van der Waals surface area contributed by atoms with Gasteiger partial charge in [-0.2, -0.15) is 8.42 Å². The highest BCUT2D eigenvalue weighted by Gasteiger charge is 2.48. The zero-order valence-electron chi connectivity index (χ0n) is 24.2. The summed E-state index contributed by atoms with van der Waals surface area (Å²) in [6.07, 6.45) is 2.28. The first-order valence-corrected chi connectivity index (χ1v) is 16.8. The van der Waals surface area contributed by atoms with E-state index in [-0.39, 0.29) is 33.0 Å². The van der Waals surface area contributed by atoms with E-state index >= 15 is 0 Å². The Morgan fingerprint density at radius 1 is 0.854 bits per heavy atom. The Bertz CT molecular complexity index is 1560. The van der Waals surface area contributed by atoms with Crippen LogP contribution < -0.4 is 4.18 Å². The summed E-state index contributed by atoms with van der Waals surface area (Å²) in [4.78, 5) is 30.0. The Kier molecular flexibility index (Phi) is 7.74. The second kappa shape index (κ2) is 10.5. The van der Waals surface area contributed by atoms with Crippen LogP contribution in [-0.4, -0.2) is 31.4 Å². The second-order valence-electron chi connectivity index (χ2n) is 12.9. The standard InChI is InChI=1S/C32H35Br2NO5S/c1-7-35-23-14-31(3,4)16-25(36)28(23)27(29-24(35)15-32(5,6)17-26(29)37)19-12-21(33)30(22(34)13-19)40-41(38,39)20-10-8-18(2)9-11-20/h8-13,27H,7,14-17H2,1-6H3. The van der Waals surface area contributed by atoms with E-state index in [4.69, 9.17) is 4.18 Å². The van der Waals surface area contributed by atoms with Gasteiger partial charge in [-0.15, -0.1) is 0 Å². The number of hydrogen-bond acceptors (Lipinski definition) is 6. The van der Waals surface area contributed by atoms with Crippen molar-refractivity contribution in [2.45, 2.75) is 78.0 Å². The molecule has 0 unspecified atom stereocenters. The van der Waals surface area contributed by atoms with Crippen LogP contribution in [0.2, 0.25) is 0 Å². The van der Waals surface area contributed by atoms with Crippen molar-refractivity contribution in [3.8, 4) is 5.75 Å². The molecule has 1 aliphatic heterocycles. The molecule has 0 bridgehead atoms. The summed E-state index contributed by atoms with van der Waals surface area (Å²) in [6.45, 7) is 13.1. The summed E-state index contributed by atoms with van der Waals surface area (Å²) < 4.78 is 32.6. The third-order valence-corrected chi connectivity index (χ3v) is 10.6. The Balaban J connectivity index is 1.66. The number of ketones is 2. The predicted octanol–water partition coefficient (Wildman–Crippen LogP) is 7.99. The molecule has 9 heteroatoms. The molecular formula is C32H35Br2NO5S. The van der Waals surface area contributed by atoms with Gasteiger partial charge in [0.2, 0.25) is 0 Å². The highest BCUT2D eigenvalue weighted by molar-refractivity contribution is 9.11. The van der Waals surface area contributed by atoms with E-state index in [1.54, 1.807) is 24.3 Å². The fourth-order valence-electron chi connectivity index (χ4n) is 6.45. The molecule has 0 saturated heterocycles. The van der Waals surface area contributed by atoms with Crippen LogP contribution in [0.5, 0.6) is 5.75 Å². The van der Waals surface area contributed by atoms with Crippen molar-refractivity contribution in [1.29, 1.82) is 0 Å². The van der Waals surface area contributed by atoms with Gasteiger partial charge < -0.3 is 9.08 Å². The summed E-state index contributed by atoms with van der Waals surface area (Å²) in [6, 6.07) is 10.0. The molecule has 0 atom stereocenters. The second-order valence-corrected chi connectivity index (χ2v) is 16.2. The van der Waals surface area contributed by atoms with Gasteiger partial charge in [0.05, 0.1) is 8.95 Å². The van der Waals surface area contributed by atoms with E-state index in [0.717, 1.165) is 35.4 Å². The van der Waals surface area contributed by atoms with Gasteiger partial charge in [-0.25, -0.2) is 0 Å². The Morgan fingerprint density at radius 2 is 1.32 bits per heavy atom. The number of aryl methyl sites for hydroxylation is 1. The Hall–Kier alpha value is -2.23. The number of allylic oxidation sites excluding steroid dienone is 4. The minimum Gasteiger partial charge on any atom is -0.377 e. The smallest absolute Gasteiger partial charge is 0.339 e. The van der Waals surface area contributed by atoms with Crippen molar-refractivity contribution in [2.24, 2.45) is 10.8 Å². The zero-order valence-corrected chi connectivity index (χ0v) is 28.2. The highest BCUT2D eigenvalue weighted by atomic mass is 79.9. The number of benzene rings is 2. The average Bonchev–Trinajstić information content (AvgIpc) is 2.84. The molecular weight excluding hydrogens is 670 g/mol. The van der Waals surface area contributed by atoms with E-state index < -0.39 is 16.0 Å². The molecule has 2 aliphatic carbocycles. The van der Waals surface area contributed by atoms with Crippen LogP contribution in [0.1, 0.15) is 77.3 Å². The van der Waals surface area contributed by atoms with Gasteiger partial charge in [-0.1, -0.05) is 45.4 Å². The number of carbonyl (C=O) groups is 2. The van der Waals surface area contributed by atoms with Crippen molar-refractivity contribution in [3.05, 3.63) is 79.0 Å². The molecule has 0 spiro atoms. The largest absolute Gasteiger partial charge is 0.377 e. The quantitative estimate of drug-likeness (QED) is 0.294. The number of hydrogen-bond donors (Lipinski definition) is 0. The molecule has 218 valence electrons. The monoisotopic (exact) mass is 703 g/mol. The van der Waals surface area contributed by atoms with Gasteiger partial charge in [0.15, 0.2) is 17.3 Å². The third-order valence-electron chi connectivity index (χ3n) is 8.19. The van der Waals surface area contributed by atoms with Gasteiger partial charge in [0, 0.05) is 47.8 Å². The molecule has 5 rings (SSSR count). The molecule has 3 aliphatic rings. The van der Waals surface area contributed by atoms with Gasteiger partial charge in [-0.05, 0) is 99.2 Å². The van der Waals surface area contributed by atoms with Gasteiger partial charge in [0.25, 0.3) is 0 Å². The van der Waals surface area contributed by atoms with Crippen molar-refractivity contribution < 1.29 is 22.2 Å². The van der Waals surface area contributed by atoms with Gasteiger partial charge in [0.1, 0.15) is 4.90 Å². The summed E-state index contributed by atoms with van der Waals surface area (Å²) in [5, 5.41) is 0. The molecule has 0 saturated carbocycles. The van der Waals surface area contributed by atoms with Crippen molar-refractivity contribution in [1.82, 2.24) is 4.90 Å². The lowest BCUT2D eigenvalue weighted by Gasteiger charge is -2.49. The number of nitrogens with zero attached hydrogens (tertiary/aromatic N) is 1. The molecule has 6 nitrogen and oxygen atoms in total. The van der Waals surface area contributed by atoms with Crippen molar-refractivity contribution in [2.75, 3.05) is 6.54 Å². The maximum atomic E-state index is 13.9. The molecule has 0 radical (unpaired) electrons. The predicted molar refractivity (Wildman–Crippen MR) is 166 cm³/mol. The number of Topliss-reactive ketones (excluding diaryl/α,β-unsaturated/α-hetero) is 2. The van der Waals surface area contributed by atoms with E-state index in [1.807, 2.05) is 6.92 Å². The van der Waals surface area contributed by atoms with Crippen LogP contribution in [0.15, 0.2) is 72.8 Å².